The first-order valence-electron chi connectivity index (χ1n) is 9.86. The second kappa shape index (κ2) is 11.1. The van der Waals surface area contributed by atoms with Crippen LogP contribution >= 0.6 is 0 Å². The molecule has 0 bridgehead atoms. The molecule has 146 valence electrons. The zero-order valence-electron chi connectivity index (χ0n) is 16.3. The third-order valence-electron chi connectivity index (χ3n) is 5.45. The number of fused-ring (bicyclic) bond motifs is 1. The Hall–Kier alpha value is -0.690. The van der Waals surface area contributed by atoms with E-state index in [0.29, 0.717) is 25.2 Å². The average molecular weight is 356 g/mol. The van der Waals surface area contributed by atoms with Crippen LogP contribution in [0.25, 0.3) is 0 Å². The molecule has 1 amide bonds. The van der Waals surface area contributed by atoms with Crippen LogP contribution in [0.4, 0.5) is 0 Å². The molecule has 0 aromatic carbocycles. The van der Waals surface area contributed by atoms with Crippen LogP contribution in [0, 0.1) is 11.8 Å². The summed E-state index contributed by atoms with van der Waals surface area (Å²) in [5, 5.41) is 3.14. The Kier molecular flexibility index (Phi) is 9.17. The Morgan fingerprint density at radius 1 is 1.16 bits per heavy atom. The first kappa shape index (κ1) is 20.6. The van der Waals surface area contributed by atoms with Gasteiger partial charge in [0.2, 0.25) is 5.91 Å². The number of hydrogen-bond donors (Lipinski definition) is 1. The number of carbonyl (C=O) groups excluding carboxylic acids is 1. The molecule has 0 spiro atoms. The summed E-state index contributed by atoms with van der Waals surface area (Å²) in [5.41, 5.74) is 0. The molecule has 2 saturated heterocycles. The predicted molar refractivity (Wildman–Crippen MR) is 99.7 cm³/mol. The Morgan fingerprint density at radius 2 is 1.92 bits per heavy atom. The van der Waals surface area contributed by atoms with E-state index in [1.807, 2.05) is 0 Å². The predicted octanol–water partition coefficient (Wildman–Crippen LogP) is 1.21. The van der Waals surface area contributed by atoms with E-state index in [-0.39, 0.29) is 11.8 Å². The Labute approximate surface area is 153 Å². The lowest BCUT2D eigenvalue weighted by Crippen LogP contribution is -2.51. The van der Waals surface area contributed by atoms with Gasteiger partial charge in [-0.05, 0) is 65.7 Å². The van der Waals surface area contributed by atoms with Crippen LogP contribution in [-0.2, 0) is 14.3 Å². The molecule has 0 aliphatic carbocycles. The van der Waals surface area contributed by atoms with Crippen molar-refractivity contribution in [3.8, 4) is 0 Å². The summed E-state index contributed by atoms with van der Waals surface area (Å²) >= 11 is 0. The molecule has 2 rings (SSSR count). The molecule has 0 unspecified atom stereocenters. The molecule has 3 atom stereocenters. The van der Waals surface area contributed by atoms with Gasteiger partial charge >= 0.3 is 0 Å². The average Bonchev–Trinajstić information content (AvgIpc) is 2.63. The first-order chi connectivity index (χ1) is 12.1. The number of nitrogens with one attached hydrogen (secondary N) is 1. The SMILES string of the molecule is CN(C)CCCNC(=O)[C@@H]1C[C@@H]2CCOCCOCCC[C@H]2N(C)C1. The summed E-state index contributed by atoms with van der Waals surface area (Å²) in [6.45, 7) is 5.61. The number of amides is 1. The molecule has 6 heteroatoms. The standard InChI is InChI=1S/C19H37N3O3/c1-21(2)9-5-8-20-19(23)17-14-16-7-11-25-13-12-24-10-4-6-18(16)22(3)15-17/h16-18H,4-15H2,1-3H3,(H,20,23)/t16-,17+,18+/m0/s1. The molecular weight excluding hydrogens is 318 g/mol. The fourth-order valence-electron chi connectivity index (χ4n) is 4.10. The lowest BCUT2D eigenvalue weighted by Gasteiger charge is -2.42. The van der Waals surface area contributed by atoms with Gasteiger partial charge in [0.05, 0.1) is 19.1 Å². The minimum absolute atomic E-state index is 0.104. The minimum Gasteiger partial charge on any atom is -0.379 e. The van der Waals surface area contributed by atoms with Gasteiger partial charge < -0.3 is 24.6 Å². The molecule has 2 heterocycles. The Balaban J connectivity index is 1.85. The van der Waals surface area contributed by atoms with Crippen molar-refractivity contribution in [2.45, 2.75) is 38.1 Å². The highest BCUT2D eigenvalue weighted by atomic mass is 16.5. The monoisotopic (exact) mass is 355 g/mol. The molecule has 0 radical (unpaired) electrons. The van der Waals surface area contributed by atoms with Crippen LogP contribution in [0.5, 0.6) is 0 Å². The van der Waals surface area contributed by atoms with Crippen LogP contribution in [0.15, 0.2) is 0 Å². The smallest absolute Gasteiger partial charge is 0.224 e. The molecule has 25 heavy (non-hydrogen) atoms. The van der Waals surface area contributed by atoms with Crippen LogP contribution in [-0.4, -0.2) is 89.0 Å². The van der Waals surface area contributed by atoms with E-state index >= 15 is 0 Å². The van der Waals surface area contributed by atoms with Gasteiger partial charge in [-0.1, -0.05) is 0 Å². The molecule has 6 nitrogen and oxygen atoms in total. The van der Waals surface area contributed by atoms with E-state index in [1.165, 1.54) is 0 Å². The fraction of sp³-hybridized carbons (Fsp3) is 0.947. The minimum atomic E-state index is 0.104. The highest BCUT2D eigenvalue weighted by Crippen LogP contribution is 2.32. The summed E-state index contributed by atoms with van der Waals surface area (Å²) in [6.07, 6.45) is 5.27. The van der Waals surface area contributed by atoms with Crippen molar-refractivity contribution in [3.05, 3.63) is 0 Å². The lowest BCUT2D eigenvalue weighted by molar-refractivity contribution is -0.128. The van der Waals surface area contributed by atoms with Gasteiger partial charge in [0.1, 0.15) is 0 Å². The van der Waals surface area contributed by atoms with Crippen molar-refractivity contribution < 1.29 is 14.3 Å². The first-order valence-corrected chi connectivity index (χ1v) is 9.86. The Bertz CT molecular complexity index is 392. The third-order valence-corrected chi connectivity index (χ3v) is 5.45. The second-order valence-electron chi connectivity index (χ2n) is 7.80. The van der Waals surface area contributed by atoms with Crippen LogP contribution in [0.1, 0.15) is 32.1 Å². The molecule has 2 aliphatic heterocycles. The molecule has 0 aromatic rings. The van der Waals surface area contributed by atoms with Gasteiger partial charge in [-0.2, -0.15) is 0 Å². The fourth-order valence-corrected chi connectivity index (χ4v) is 4.10. The molecule has 0 saturated carbocycles. The maximum atomic E-state index is 12.6. The summed E-state index contributed by atoms with van der Waals surface area (Å²) in [7, 11) is 6.30. The molecule has 0 aromatic heterocycles. The van der Waals surface area contributed by atoms with Gasteiger partial charge in [0.25, 0.3) is 0 Å². The number of nitrogens with zero attached hydrogens (tertiary/aromatic N) is 2. The van der Waals surface area contributed by atoms with E-state index in [1.54, 1.807) is 0 Å². The number of ether oxygens (including phenoxy) is 2. The lowest BCUT2D eigenvalue weighted by atomic mass is 9.79. The largest absolute Gasteiger partial charge is 0.379 e. The van der Waals surface area contributed by atoms with Crippen LogP contribution in [0.2, 0.25) is 0 Å². The van der Waals surface area contributed by atoms with Gasteiger partial charge in [-0.3, -0.25) is 4.79 Å². The summed E-state index contributed by atoms with van der Waals surface area (Å²) in [6, 6.07) is 0.545. The molecule has 2 fully saturated rings. The third kappa shape index (κ3) is 7.21. The number of piperidine rings is 1. The van der Waals surface area contributed by atoms with Crippen molar-refractivity contribution in [1.29, 1.82) is 0 Å². The number of likely N-dealkylation sites (tertiary alicyclic amines) is 1. The van der Waals surface area contributed by atoms with E-state index < -0.39 is 0 Å². The van der Waals surface area contributed by atoms with E-state index in [2.05, 4.69) is 36.3 Å². The number of rotatable bonds is 5. The van der Waals surface area contributed by atoms with Gasteiger partial charge in [-0.25, -0.2) is 0 Å². The highest BCUT2D eigenvalue weighted by molar-refractivity contribution is 5.79. The number of carbonyl (C=O) groups is 1. The van der Waals surface area contributed by atoms with Gasteiger partial charge in [0.15, 0.2) is 0 Å². The van der Waals surface area contributed by atoms with Gasteiger partial charge in [0, 0.05) is 32.3 Å². The number of hydrogen-bond acceptors (Lipinski definition) is 5. The molecule has 1 N–H and O–H groups in total. The van der Waals surface area contributed by atoms with Crippen molar-refractivity contribution >= 4 is 5.91 Å². The van der Waals surface area contributed by atoms with Crippen molar-refractivity contribution in [1.82, 2.24) is 15.1 Å². The zero-order chi connectivity index (χ0) is 18.1. The highest BCUT2D eigenvalue weighted by Gasteiger charge is 2.36. The van der Waals surface area contributed by atoms with E-state index in [9.17, 15) is 4.79 Å². The second-order valence-corrected chi connectivity index (χ2v) is 7.80. The zero-order valence-corrected chi connectivity index (χ0v) is 16.3. The topological polar surface area (TPSA) is 54.0 Å². The summed E-state index contributed by atoms with van der Waals surface area (Å²) in [4.78, 5) is 17.1. The van der Waals surface area contributed by atoms with E-state index in [4.69, 9.17) is 9.47 Å². The summed E-state index contributed by atoms with van der Waals surface area (Å²) < 4.78 is 11.3. The maximum Gasteiger partial charge on any atom is 0.224 e. The maximum absolute atomic E-state index is 12.6. The quantitative estimate of drug-likeness (QED) is 0.751. The van der Waals surface area contributed by atoms with E-state index in [0.717, 1.165) is 65.0 Å². The Morgan fingerprint density at radius 3 is 2.68 bits per heavy atom. The van der Waals surface area contributed by atoms with Crippen molar-refractivity contribution in [3.63, 3.8) is 0 Å². The summed E-state index contributed by atoms with van der Waals surface area (Å²) in [5.74, 6) is 0.865. The van der Waals surface area contributed by atoms with Crippen molar-refractivity contribution in [2.75, 3.05) is 67.2 Å². The molecule has 2 aliphatic rings. The van der Waals surface area contributed by atoms with Crippen molar-refractivity contribution in [2.24, 2.45) is 11.8 Å². The van der Waals surface area contributed by atoms with Crippen LogP contribution < -0.4 is 5.32 Å². The van der Waals surface area contributed by atoms with Crippen LogP contribution in [0.3, 0.4) is 0 Å². The van der Waals surface area contributed by atoms with Gasteiger partial charge in [-0.15, -0.1) is 0 Å². The molecular formula is C19H37N3O3. The normalized spacial score (nSPS) is 29.7.